The van der Waals surface area contributed by atoms with E-state index < -0.39 is 53.9 Å². The van der Waals surface area contributed by atoms with Gasteiger partial charge in [0.2, 0.25) is 6.10 Å². The summed E-state index contributed by atoms with van der Waals surface area (Å²) in [5.74, 6) is -0.936. The molecule has 1 amide bonds. The molecule has 0 aromatic heterocycles. The predicted molar refractivity (Wildman–Crippen MR) is 105 cm³/mol. The highest BCUT2D eigenvalue weighted by molar-refractivity contribution is 5.79. The van der Waals surface area contributed by atoms with Crippen molar-refractivity contribution in [3.8, 4) is 0 Å². The molecule has 9 heteroatoms. The molecule has 1 N–H and O–H groups in total. The van der Waals surface area contributed by atoms with Crippen LogP contribution in [0.2, 0.25) is 0 Å². The second kappa shape index (κ2) is 8.24. The van der Waals surface area contributed by atoms with Crippen molar-refractivity contribution in [1.82, 2.24) is 4.90 Å². The van der Waals surface area contributed by atoms with E-state index in [2.05, 4.69) is 0 Å². The maximum atomic E-state index is 13.1. The van der Waals surface area contributed by atoms with Gasteiger partial charge in [0, 0.05) is 0 Å². The van der Waals surface area contributed by atoms with Crippen molar-refractivity contribution in [1.29, 1.82) is 0 Å². The minimum atomic E-state index is -1.48. The van der Waals surface area contributed by atoms with Crippen LogP contribution in [0.25, 0.3) is 0 Å². The van der Waals surface area contributed by atoms with Gasteiger partial charge in [0.15, 0.2) is 6.10 Å². The number of carbonyl (C=O) groups excluding carboxylic acids is 2. The van der Waals surface area contributed by atoms with Crippen molar-refractivity contribution in [2.24, 2.45) is 5.92 Å². The number of hydrogen-bond donors (Lipinski definition) is 1. The molecule has 170 valence electrons. The lowest BCUT2D eigenvalue weighted by atomic mass is 9.82. The van der Waals surface area contributed by atoms with Crippen molar-refractivity contribution in [3.63, 3.8) is 0 Å². The Kier molecular flexibility index (Phi) is 6.23. The minimum absolute atomic E-state index is 0.370. The van der Waals surface area contributed by atoms with E-state index in [0.717, 1.165) is 25.7 Å². The average Bonchev–Trinajstić information content (AvgIpc) is 3.11. The lowest BCUT2D eigenvalue weighted by Gasteiger charge is -2.37. The molecule has 2 aliphatic heterocycles. The van der Waals surface area contributed by atoms with E-state index in [4.69, 9.17) is 18.9 Å². The number of aliphatic carboxylic acids is 1. The molecule has 1 aliphatic carbocycles. The molecule has 9 nitrogen and oxygen atoms in total. The van der Waals surface area contributed by atoms with Gasteiger partial charge < -0.3 is 24.1 Å². The normalized spacial score (nSPS) is 31.9. The highest BCUT2D eigenvalue weighted by atomic mass is 16.8. The molecule has 3 unspecified atom stereocenters. The summed E-state index contributed by atoms with van der Waals surface area (Å²) in [4.78, 5) is 38.1. The van der Waals surface area contributed by atoms with E-state index >= 15 is 0 Å². The molecular weight excluding hydrogens is 394 g/mol. The van der Waals surface area contributed by atoms with Crippen LogP contribution in [0.1, 0.15) is 73.1 Å². The molecule has 3 fully saturated rings. The summed E-state index contributed by atoms with van der Waals surface area (Å²) in [6.07, 6.45) is 1.10. The Hall–Kier alpha value is -2.03. The van der Waals surface area contributed by atoms with Crippen LogP contribution in [0.15, 0.2) is 0 Å². The second-order valence-electron chi connectivity index (χ2n) is 9.90. The average molecular weight is 427 g/mol. The quantitative estimate of drug-likeness (QED) is 0.676. The number of nitrogens with zero attached hydrogens (tertiary/aromatic N) is 1. The van der Waals surface area contributed by atoms with Crippen LogP contribution in [0, 0.1) is 5.92 Å². The Morgan fingerprint density at radius 1 is 1.13 bits per heavy atom. The van der Waals surface area contributed by atoms with E-state index in [1.165, 1.54) is 6.42 Å². The summed E-state index contributed by atoms with van der Waals surface area (Å²) in [6.45, 7) is 8.83. The van der Waals surface area contributed by atoms with Crippen molar-refractivity contribution < 1.29 is 38.4 Å². The van der Waals surface area contributed by atoms with Gasteiger partial charge in [0.25, 0.3) is 0 Å². The third kappa shape index (κ3) is 4.82. The number of rotatable bonds is 4. The zero-order valence-corrected chi connectivity index (χ0v) is 18.4. The van der Waals surface area contributed by atoms with Crippen LogP contribution in [-0.4, -0.2) is 63.9 Å². The van der Waals surface area contributed by atoms with Gasteiger partial charge in [-0.1, -0.05) is 32.1 Å². The van der Waals surface area contributed by atoms with Gasteiger partial charge >= 0.3 is 18.2 Å². The Balaban J connectivity index is 1.92. The van der Waals surface area contributed by atoms with Crippen LogP contribution >= 0.6 is 0 Å². The van der Waals surface area contributed by atoms with Gasteiger partial charge in [-0.2, -0.15) is 0 Å². The topological polar surface area (TPSA) is 112 Å². The zero-order valence-electron chi connectivity index (χ0n) is 18.4. The standard InChI is InChI=1S/C21H33NO8/c1-20(2,3)30-18(25)22-13(11-12-9-7-6-8-10-12)14(29-21(22,4)5)15-16(17(23)24)28-19(26)27-15/h12-16H,6-11H2,1-5H3,(H,23,24)/t13-,14?,15?,16?/m1/s1. The number of amides is 1. The third-order valence-corrected chi connectivity index (χ3v) is 5.93. The Labute approximate surface area is 177 Å². The third-order valence-electron chi connectivity index (χ3n) is 5.93. The molecule has 3 aliphatic rings. The summed E-state index contributed by atoms with van der Waals surface area (Å²) >= 11 is 0. The van der Waals surface area contributed by atoms with Gasteiger partial charge in [-0.05, 0) is 47.0 Å². The molecule has 3 rings (SSSR count). The molecule has 1 saturated carbocycles. The van der Waals surface area contributed by atoms with E-state index in [1.807, 2.05) is 0 Å². The van der Waals surface area contributed by atoms with Crippen LogP contribution in [0.4, 0.5) is 9.59 Å². The molecule has 2 saturated heterocycles. The maximum Gasteiger partial charge on any atom is 0.509 e. The Morgan fingerprint density at radius 2 is 1.77 bits per heavy atom. The van der Waals surface area contributed by atoms with Gasteiger partial charge in [-0.3, -0.25) is 4.90 Å². The van der Waals surface area contributed by atoms with Crippen molar-refractivity contribution in [2.75, 3.05) is 0 Å². The fourth-order valence-electron chi connectivity index (χ4n) is 4.77. The second-order valence-corrected chi connectivity index (χ2v) is 9.90. The Bertz CT molecular complexity index is 679. The van der Waals surface area contributed by atoms with Gasteiger partial charge in [-0.25, -0.2) is 14.4 Å². The molecule has 0 bridgehead atoms. The minimum Gasteiger partial charge on any atom is -0.478 e. The largest absolute Gasteiger partial charge is 0.509 e. The monoisotopic (exact) mass is 427 g/mol. The summed E-state index contributed by atoms with van der Waals surface area (Å²) < 4.78 is 21.9. The highest BCUT2D eigenvalue weighted by Gasteiger charge is 2.59. The Morgan fingerprint density at radius 3 is 2.33 bits per heavy atom. The summed E-state index contributed by atoms with van der Waals surface area (Å²) in [7, 11) is 0. The zero-order chi connectivity index (χ0) is 22.3. The number of carboxylic acid groups (broad SMARTS) is 1. The summed E-state index contributed by atoms with van der Waals surface area (Å²) in [6, 6.07) is -0.501. The number of hydrogen-bond acceptors (Lipinski definition) is 7. The number of carboxylic acids is 1. The summed E-state index contributed by atoms with van der Waals surface area (Å²) in [5, 5.41) is 9.51. The fraction of sp³-hybridized carbons (Fsp3) is 0.857. The van der Waals surface area contributed by atoms with Crippen LogP contribution in [-0.2, 0) is 23.7 Å². The van der Waals surface area contributed by atoms with Crippen LogP contribution < -0.4 is 0 Å². The molecule has 0 spiro atoms. The van der Waals surface area contributed by atoms with Gasteiger partial charge in [0.1, 0.15) is 17.4 Å². The first-order valence-electron chi connectivity index (χ1n) is 10.7. The van der Waals surface area contributed by atoms with E-state index in [-0.39, 0.29) is 0 Å². The fourth-order valence-corrected chi connectivity index (χ4v) is 4.77. The highest BCUT2D eigenvalue weighted by Crippen LogP contribution is 2.42. The first kappa shape index (κ1) is 22.7. The number of ether oxygens (including phenoxy) is 4. The van der Waals surface area contributed by atoms with Crippen molar-refractivity contribution in [2.45, 2.75) is 109 Å². The van der Waals surface area contributed by atoms with Crippen LogP contribution in [0.5, 0.6) is 0 Å². The SMILES string of the molecule is CC(C)(C)OC(=O)N1[C@H](CC2CCCCC2)C(C2OC(=O)OC2C(=O)O)OC1(C)C. The predicted octanol–water partition coefficient (Wildman–Crippen LogP) is 3.69. The maximum absolute atomic E-state index is 13.1. The first-order chi connectivity index (χ1) is 13.9. The summed E-state index contributed by atoms with van der Waals surface area (Å²) in [5.41, 5.74) is -1.77. The van der Waals surface area contributed by atoms with E-state index in [0.29, 0.717) is 12.3 Å². The molecule has 0 aromatic rings. The molecule has 4 atom stereocenters. The van der Waals surface area contributed by atoms with Crippen molar-refractivity contribution >= 4 is 18.2 Å². The number of carbonyl (C=O) groups is 3. The molecular formula is C21H33NO8. The van der Waals surface area contributed by atoms with Crippen LogP contribution in [0.3, 0.4) is 0 Å². The molecule has 2 heterocycles. The van der Waals surface area contributed by atoms with E-state index in [1.54, 1.807) is 39.5 Å². The first-order valence-corrected chi connectivity index (χ1v) is 10.7. The van der Waals surface area contributed by atoms with Crippen molar-refractivity contribution in [3.05, 3.63) is 0 Å². The van der Waals surface area contributed by atoms with Gasteiger partial charge in [-0.15, -0.1) is 0 Å². The lowest BCUT2D eigenvalue weighted by molar-refractivity contribution is -0.151. The van der Waals surface area contributed by atoms with E-state index in [9.17, 15) is 19.5 Å². The number of cyclic esters (lactones) is 2. The smallest absolute Gasteiger partial charge is 0.478 e. The molecule has 0 radical (unpaired) electrons. The lowest BCUT2D eigenvalue weighted by Crippen LogP contribution is -2.52. The molecule has 30 heavy (non-hydrogen) atoms. The molecule has 0 aromatic carbocycles. The van der Waals surface area contributed by atoms with Gasteiger partial charge in [0.05, 0.1) is 6.04 Å².